The Balaban J connectivity index is 0.000000136. The van der Waals surface area contributed by atoms with Crippen LogP contribution in [-0.4, -0.2) is 275 Å². The molecule has 6 aromatic carbocycles. The van der Waals surface area contributed by atoms with Gasteiger partial charge in [0, 0.05) is 203 Å². The van der Waals surface area contributed by atoms with Crippen LogP contribution in [0.1, 0.15) is 141 Å². The molecule has 21 rings (SSSR count). The van der Waals surface area contributed by atoms with Gasteiger partial charge in [0.05, 0.1) is 64.7 Å². The highest BCUT2D eigenvalue weighted by atomic mass is 16.5. The van der Waals surface area contributed by atoms with Crippen LogP contribution < -0.4 is 26.2 Å². The van der Waals surface area contributed by atoms with Gasteiger partial charge in [-0.2, -0.15) is 20.4 Å². The van der Waals surface area contributed by atoms with Crippen molar-refractivity contribution in [3.63, 3.8) is 0 Å². The van der Waals surface area contributed by atoms with Gasteiger partial charge in [-0.15, -0.1) is 0 Å². The van der Waals surface area contributed by atoms with Crippen LogP contribution in [0, 0.1) is 0 Å². The number of nitrogens with one attached hydrogen (secondary N) is 8. The highest BCUT2D eigenvalue weighted by Crippen LogP contribution is 2.34. The van der Waals surface area contributed by atoms with Gasteiger partial charge in [0.15, 0.2) is 22.8 Å². The number of pyridine rings is 6. The molecule has 0 atom stereocenters. The van der Waals surface area contributed by atoms with Crippen LogP contribution in [0.2, 0.25) is 0 Å². The number of rotatable bonds is 27. The van der Waals surface area contributed by atoms with Crippen molar-refractivity contribution in [3.8, 4) is 44.5 Å². The van der Waals surface area contributed by atoms with Gasteiger partial charge in [-0.1, -0.05) is 69.8 Å². The molecule has 0 spiro atoms. The number of piperidine rings is 2. The largest absolute Gasteiger partial charge is 0.379 e. The molecule has 143 heavy (non-hydrogen) atoms. The third-order valence-corrected chi connectivity index (χ3v) is 26.0. The molecule has 0 bridgehead atoms. The Hall–Kier alpha value is -14.6. The molecular formula is C111H131N27O5. The van der Waals surface area contributed by atoms with E-state index in [2.05, 4.69) is 186 Å². The summed E-state index contributed by atoms with van der Waals surface area (Å²) in [4.78, 5) is 99.9. The number of H-pyrrole nitrogens is 4. The van der Waals surface area contributed by atoms with Gasteiger partial charge in [0.1, 0.15) is 5.82 Å². The molecule has 0 saturated carbocycles. The van der Waals surface area contributed by atoms with Crippen LogP contribution in [0.4, 0.5) is 28.6 Å². The number of aromatic nitrogens is 14. The lowest BCUT2D eigenvalue weighted by molar-refractivity contribution is 0.0342. The average Bonchev–Trinajstić information content (AvgIpc) is 1.73. The number of aromatic amines is 4. The molecule has 5 fully saturated rings. The summed E-state index contributed by atoms with van der Waals surface area (Å²) in [5.74, 6) is -0.0354. The van der Waals surface area contributed by atoms with Crippen LogP contribution in [-0.2, 0) is 50.6 Å². The maximum atomic E-state index is 13.2. The topological polar surface area (TPSA) is 347 Å². The number of likely N-dealkylation sites (N-methyl/N-ethyl adjacent to an activating group) is 1. The second-order valence-electron chi connectivity index (χ2n) is 38.0. The smallest absolute Gasteiger partial charge is 0.276 e. The van der Waals surface area contributed by atoms with Crippen molar-refractivity contribution in [1.82, 2.24) is 110 Å². The fourth-order valence-corrected chi connectivity index (χ4v) is 18.5. The van der Waals surface area contributed by atoms with Crippen molar-refractivity contribution in [2.24, 2.45) is 0 Å². The van der Waals surface area contributed by atoms with Crippen LogP contribution in [0.15, 0.2) is 232 Å². The number of carbonyl (C=O) groups excluding carboxylic acids is 4. The first-order valence-corrected chi connectivity index (χ1v) is 48.7. The van der Waals surface area contributed by atoms with Gasteiger partial charge in [-0.25, -0.2) is 4.98 Å². The van der Waals surface area contributed by atoms with Gasteiger partial charge < -0.3 is 50.5 Å². The molecule has 32 heteroatoms. The number of piperazine rings is 1. The fourth-order valence-electron chi connectivity index (χ4n) is 18.5. The summed E-state index contributed by atoms with van der Waals surface area (Å²) in [6, 6.07) is 56.4. The van der Waals surface area contributed by atoms with Gasteiger partial charge in [-0.05, 0) is 291 Å². The Morgan fingerprint density at radius 3 is 1.04 bits per heavy atom. The number of nitrogens with zero attached hydrogens (tertiary/aromatic N) is 19. The quantitative estimate of drug-likeness (QED) is 0.0237. The first kappa shape index (κ1) is 101. The Labute approximate surface area is 835 Å². The molecule has 0 unspecified atom stereocenters. The number of carbonyl (C=O) groups is 4. The van der Waals surface area contributed by atoms with E-state index in [1.54, 1.807) is 12.4 Å². The number of ether oxygens (including phenoxy) is 1. The maximum Gasteiger partial charge on any atom is 0.276 e. The van der Waals surface area contributed by atoms with E-state index in [4.69, 9.17) is 4.74 Å². The zero-order chi connectivity index (χ0) is 97.1. The minimum absolute atomic E-state index is 0. The van der Waals surface area contributed by atoms with Crippen molar-refractivity contribution >= 4 is 95.8 Å². The summed E-state index contributed by atoms with van der Waals surface area (Å²) < 4.78 is 5.43. The summed E-state index contributed by atoms with van der Waals surface area (Å²) in [5, 5.41) is 44.3. The van der Waals surface area contributed by atoms with Crippen molar-refractivity contribution < 1.29 is 23.9 Å². The fraction of sp³-hybridized carbons (Fsp3) is 0.333. The van der Waals surface area contributed by atoms with Crippen molar-refractivity contribution in [1.29, 1.82) is 0 Å². The number of benzene rings is 6. The Morgan fingerprint density at radius 1 is 0.315 bits per heavy atom. The average molecular weight is 1920 g/mol. The van der Waals surface area contributed by atoms with Gasteiger partial charge in [0.2, 0.25) is 0 Å². The minimum Gasteiger partial charge on any atom is -0.379 e. The van der Waals surface area contributed by atoms with E-state index < -0.39 is 0 Å². The van der Waals surface area contributed by atoms with Crippen LogP contribution >= 0.6 is 0 Å². The molecule has 10 aromatic heterocycles. The van der Waals surface area contributed by atoms with E-state index in [0.717, 1.165) is 271 Å². The lowest BCUT2D eigenvalue weighted by Crippen LogP contribution is -2.43. The molecule has 4 amide bonds. The van der Waals surface area contributed by atoms with E-state index in [0.29, 0.717) is 34.2 Å². The normalized spacial score (nSPS) is 14.9. The standard InChI is InChI=1S/C28H31N7O.C28H33N7O.C27H30N6O2.C26H29N7O.2CH4/c36-28(31-23-6-7-24(30-17-23)19-35-11-4-12-35)27-25-14-21(5-8-26(25)32-33-27)22-13-20(15-29-16-22)18-34-9-2-1-3-10-34;1-33(2)18-21-13-23(17-29-16-21)22-7-8-26-25(15-22)27(32-31-26)28(36)30-24-6-4-5-20(14-24)19-35-11-9-34(3)10-12-35;1-32(2)17-20-12-22(16-28-15-20)21-6-7-25-24(14-21)26(31-30-25)27(34)29-23-5-3-4-19(13-23)18-33-8-10-35-11-9-33;1-32(2)17-18-12-20(15-27-14-18)19-6-8-23-22(13-19)25(31-30-23)26(34)29-21-7-9-24(28-16-21)33-10-4-3-5-11-33;;/h5-8,13-17H,1-4,9-12,18-19H2,(H,31,36)(H,32,33);4-8,13-17H,9-12,18-19H2,1-3H3,(H,30,36)(H,31,32);3-7,12-16H,8-11,17-18H2,1-2H3,(H,29,34)(H,30,31);6-9,12-16H,3-5,10-11,17H2,1-2H3,(H,29,34)(H,30,31);2*1H4. The second kappa shape index (κ2) is 48.3. The number of morpholine rings is 1. The van der Waals surface area contributed by atoms with E-state index in [1.165, 1.54) is 56.1 Å². The van der Waals surface area contributed by atoms with Crippen molar-refractivity contribution in [2.45, 2.75) is 106 Å². The Kier molecular flexibility index (Phi) is 34.2. The molecule has 5 aliphatic heterocycles. The van der Waals surface area contributed by atoms with Gasteiger partial charge in [0.25, 0.3) is 23.6 Å². The minimum atomic E-state index is -0.268. The van der Waals surface area contributed by atoms with Crippen LogP contribution in [0.5, 0.6) is 0 Å². The van der Waals surface area contributed by atoms with E-state index in [-0.39, 0.29) is 38.5 Å². The SMILES string of the molecule is C.C.CN(C)Cc1cncc(-c2ccc3[nH]nc(C(=O)Nc4ccc(N5CCCCC5)nc4)c3c2)c1.CN(C)Cc1cncc(-c2ccc3[nH]nc(C(=O)Nc4cccc(CN5CCN(C)CC5)c4)c3c2)c1.CN(C)Cc1cncc(-c2ccc3[nH]nc(C(=O)Nc4cccc(CN5CCOCC5)c4)c3c2)c1.O=C(Nc1ccc(CN2CCC2)nc1)c1n[nH]c2ccc(-c3cncc(CN4CCCCC4)c3)cc12. The highest BCUT2D eigenvalue weighted by Gasteiger charge is 2.25. The molecule has 740 valence electrons. The molecule has 16 aromatic rings. The summed E-state index contributed by atoms with van der Waals surface area (Å²) in [5.41, 5.74) is 23.7. The third-order valence-electron chi connectivity index (χ3n) is 26.0. The van der Waals surface area contributed by atoms with E-state index in [1.807, 2.05) is 219 Å². The Morgan fingerprint density at radius 2 is 0.664 bits per heavy atom. The molecule has 8 N–H and O–H groups in total. The van der Waals surface area contributed by atoms with Crippen LogP contribution in [0.3, 0.4) is 0 Å². The van der Waals surface area contributed by atoms with Crippen LogP contribution in [0.25, 0.3) is 88.1 Å². The number of hydrogen-bond acceptors (Lipinski definition) is 24. The van der Waals surface area contributed by atoms with Gasteiger partial charge in [-0.3, -0.25) is 84.1 Å². The lowest BCUT2D eigenvalue weighted by Gasteiger charge is -2.32. The zero-order valence-electron chi connectivity index (χ0n) is 81.3. The molecule has 0 radical (unpaired) electrons. The Bertz CT molecular complexity index is 6980. The highest BCUT2D eigenvalue weighted by molar-refractivity contribution is 6.15. The van der Waals surface area contributed by atoms with Gasteiger partial charge >= 0.3 is 0 Å². The van der Waals surface area contributed by atoms with Crippen molar-refractivity contribution in [3.05, 3.63) is 294 Å². The number of anilines is 5. The molecule has 5 aliphatic rings. The summed E-state index contributed by atoms with van der Waals surface area (Å²) in [6.45, 7) is 20.2. The summed E-state index contributed by atoms with van der Waals surface area (Å²) >= 11 is 0. The molecule has 15 heterocycles. The molecule has 5 saturated heterocycles. The number of fused-ring (bicyclic) bond motifs is 4. The maximum absolute atomic E-state index is 13.2. The first-order valence-electron chi connectivity index (χ1n) is 48.7. The van der Waals surface area contributed by atoms with Crippen molar-refractivity contribution in [2.75, 3.05) is 167 Å². The number of amides is 4. The third kappa shape index (κ3) is 26.8. The molecular weight excluding hydrogens is 1790 g/mol. The monoisotopic (exact) mass is 1920 g/mol. The lowest BCUT2D eigenvalue weighted by atomic mass is 10.0. The predicted octanol–water partition coefficient (Wildman–Crippen LogP) is 17.5. The van der Waals surface area contributed by atoms with E-state index in [9.17, 15) is 19.2 Å². The predicted molar refractivity (Wildman–Crippen MR) is 570 cm³/mol. The molecule has 32 nitrogen and oxygen atoms in total. The van der Waals surface area contributed by atoms with E-state index >= 15 is 0 Å². The zero-order valence-corrected chi connectivity index (χ0v) is 81.3. The number of hydrogen-bond donors (Lipinski definition) is 8. The number of likely N-dealkylation sites (tertiary alicyclic amines) is 2. The molecule has 0 aliphatic carbocycles. The summed E-state index contributed by atoms with van der Waals surface area (Å²) in [7, 11) is 14.4. The second-order valence-corrected chi connectivity index (χ2v) is 38.0. The first-order chi connectivity index (χ1) is 68.8. The summed E-state index contributed by atoms with van der Waals surface area (Å²) in [6.07, 6.45) is 27.3.